The number of anilines is 2. The average molecular weight is 768 g/mol. The zero-order valence-corrected chi connectivity index (χ0v) is 33.1. The van der Waals surface area contributed by atoms with Gasteiger partial charge in [0.15, 0.2) is 11.6 Å². The Morgan fingerprint density at radius 2 is 1.65 bits per heavy atom. The lowest BCUT2D eigenvalue weighted by Gasteiger charge is -2.32. The topological polar surface area (TPSA) is 32.5 Å². The van der Waals surface area contributed by atoms with E-state index in [-0.39, 0.29) is 29.6 Å². The summed E-state index contributed by atoms with van der Waals surface area (Å²) in [6, 6.07) is 14.7. The Kier molecular flexibility index (Phi) is 12.6. The van der Waals surface area contributed by atoms with Crippen LogP contribution in [0.2, 0.25) is 0 Å². The molecule has 0 saturated heterocycles. The highest BCUT2D eigenvalue weighted by Gasteiger charge is 2.45. The van der Waals surface area contributed by atoms with Crippen LogP contribution in [0.3, 0.4) is 0 Å². The monoisotopic (exact) mass is 767 g/mol. The maximum absolute atomic E-state index is 15.4. The molecule has 6 rings (SSSR count). The number of rotatable bonds is 9. The third kappa shape index (κ3) is 9.14. The van der Waals surface area contributed by atoms with Gasteiger partial charge in [-0.25, -0.2) is 21.9 Å². The van der Waals surface area contributed by atoms with Gasteiger partial charge in [0.25, 0.3) is 5.92 Å². The molecule has 3 nitrogen and oxygen atoms in total. The predicted molar refractivity (Wildman–Crippen MR) is 210 cm³/mol. The van der Waals surface area contributed by atoms with Gasteiger partial charge in [0.05, 0.1) is 4.90 Å². The number of hydrogen-bond acceptors (Lipinski definition) is 4. The van der Waals surface area contributed by atoms with Crippen molar-refractivity contribution in [2.45, 2.75) is 103 Å². The first-order valence-electron chi connectivity index (χ1n) is 18.5. The first-order valence-corrected chi connectivity index (χ1v) is 19.2. The predicted octanol–water partition coefficient (Wildman–Crippen LogP) is 12.1. The molecule has 0 radical (unpaired) electrons. The summed E-state index contributed by atoms with van der Waals surface area (Å²) in [5.74, 6) is -7.98. The van der Waals surface area contributed by atoms with Crippen molar-refractivity contribution in [1.82, 2.24) is 4.31 Å². The molecule has 4 aromatic rings. The third-order valence-electron chi connectivity index (χ3n) is 10.2. The minimum Gasteiger partial charge on any atom is -0.399 e. The largest absolute Gasteiger partial charge is 0.399 e. The van der Waals surface area contributed by atoms with Crippen molar-refractivity contribution in [2.75, 3.05) is 24.2 Å². The van der Waals surface area contributed by atoms with Gasteiger partial charge in [-0.3, -0.25) is 0 Å². The molecule has 0 unspecified atom stereocenters. The van der Waals surface area contributed by atoms with Gasteiger partial charge >= 0.3 is 0 Å². The Morgan fingerprint density at radius 3 is 2.28 bits per heavy atom. The van der Waals surface area contributed by atoms with Crippen molar-refractivity contribution in [2.24, 2.45) is 5.92 Å². The Bertz CT molecular complexity index is 2020. The van der Waals surface area contributed by atoms with Gasteiger partial charge in [-0.05, 0) is 120 Å². The second-order valence-electron chi connectivity index (χ2n) is 15.7. The molecule has 0 bridgehead atoms. The standard InChI is InChI=1S/C25H36N2.C19H15F6NS/c1-6-7-19-12-20(15-22(14-19)25(2,3)4)17-27(5)24-11-10-23(26)16-21(24)13-18-8-9-18;1-4-5-26-8-12-13(6-11(20)7-14(12)21)19(24,25)15-9(2)10(3)16(22)17(23)18(15)27-26/h10-12,14-16,18H,6-9,13,17,26H2,1-5H3;4,6-7H,1,5,8H2,2-3H3. The third-order valence-corrected chi connectivity index (χ3v) is 11.3. The van der Waals surface area contributed by atoms with E-state index >= 15 is 8.78 Å². The Morgan fingerprint density at radius 1 is 0.963 bits per heavy atom. The molecular weight excluding hydrogens is 717 g/mol. The smallest absolute Gasteiger partial charge is 0.300 e. The number of halogens is 6. The molecule has 10 heteroatoms. The molecule has 0 atom stereocenters. The number of aryl methyl sites for hydroxylation is 1. The fraction of sp³-hybridized carbons (Fsp3) is 0.409. The highest BCUT2D eigenvalue weighted by atomic mass is 32.2. The molecule has 1 saturated carbocycles. The second-order valence-corrected chi connectivity index (χ2v) is 16.8. The van der Waals surface area contributed by atoms with Crippen molar-refractivity contribution in [3.63, 3.8) is 0 Å². The molecule has 0 amide bonds. The molecule has 2 N–H and O–H groups in total. The number of fused-ring (bicyclic) bond motifs is 2. The van der Waals surface area contributed by atoms with Crippen molar-refractivity contribution in [3.8, 4) is 0 Å². The van der Waals surface area contributed by atoms with Crippen molar-refractivity contribution >= 4 is 23.3 Å². The van der Waals surface area contributed by atoms with E-state index in [0.717, 1.165) is 31.0 Å². The van der Waals surface area contributed by atoms with Crippen molar-refractivity contribution < 1.29 is 26.3 Å². The fourth-order valence-electron chi connectivity index (χ4n) is 6.98. The van der Waals surface area contributed by atoms with Crippen LogP contribution in [-0.4, -0.2) is 17.9 Å². The van der Waals surface area contributed by atoms with Gasteiger partial charge in [0.2, 0.25) is 0 Å². The van der Waals surface area contributed by atoms with E-state index < -0.39 is 50.8 Å². The molecule has 2 aliphatic rings. The summed E-state index contributed by atoms with van der Waals surface area (Å²) >= 11 is 0.565. The number of nitrogens with zero attached hydrogens (tertiary/aromatic N) is 2. The van der Waals surface area contributed by atoms with E-state index in [1.54, 1.807) is 0 Å². The zero-order chi connectivity index (χ0) is 39.7. The molecule has 4 aromatic carbocycles. The van der Waals surface area contributed by atoms with Crippen molar-refractivity contribution in [1.29, 1.82) is 0 Å². The lowest BCUT2D eigenvalue weighted by atomic mass is 9.84. The molecule has 1 heterocycles. The van der Waals surface area contributed by atoms with Crippen LogP contribution in [0.1, 0.15) is 97.0 Å². The SMILES string of the molecule is C=CCN1Cc2c(F)cc(F)cc2C(F)(F)c2c(C)c(C)c(F)c(F)c2S1.CCCc1cc(CN(C)c2ccc(N)cc2CC2CC2)cc(C(C)(C)C)c1. The van der Waals surface area contributed by atoms with Gasteiger partial charge in [-0.2, -0.15) is 8.78 Å². The number of alkyl halides is 2. The highest BCUT2D eigenvalue weighted by Crippen LogP contribution is 2.49. The molecule has 54 heavy (non-hydrogen) atoms. The summed E-state index contributed by atoms with van der Waals surface area (Å²) in [6.45, 7) is 15.8. The zero-order valence-electron chi connectivity index (χ0n) is 32.3. The molecule has 1 fully saturated rings. The van der Waals surface area contributed by atoms with Crippen LogP contribution in [0.15, 0.2) is 66.1 Å². The number of hydrogen-bond donors (Lipinski definition) is 1. The van der Waals surface area contributed by atoms with Gasteiger partial charge in [-0.15, -0.1) is 6.58 Å². The van der Waals surface area contributed by atoms with Crippen LogP contribution in [0.5, 0.6) is 0 Å². The van der Waals surface area contributed by atoms with E-state index in [1.165, 1.54) is 71.4 Å². The summed E-state index contributed by atoms with van der Waals surface area (Å²) in [7, 11) is 2.21. The first kappa shape index (κ1) is 41.3. The Labute approximate surface area is 320 Å². The van der Waals surface area contributed by atoms with Gasteiger partial charge in [0, 0.05) is 60.8 Å². The fourth-order valence-corrected chi connectivity index (χ4v) is 8.15. The van der Waals surface area contributed by atoms with E-state index in [9.17, 15) is 17.6 Å². The van der Waals surface area contributed by atoms with Gasteiger partial charge in [-0.1, -0.05) is 58.4 Å². The summed E-state index contributed by atoms with van der Waals surface area (Å²) in [5.41, 5.74) is 11.6. The van der Waals surface area contributed by atoms with Crippen LogP contribution in [-0.2, 0) is 37.3 Å². The van der Waals surface area contributed by atoms with Gasteiger partial charge < -0.3 is 10.6 Å². The van der Waals surface area contributed by atoms with Crippen LogP contribution in [0.4, 0.5) is 37.7 Å². The van der Waals surface area contributed by atoms with Crippen LogP contribution in [0, 0.1) is 43.0 Å². The number of benzene rings is 4. The Balaban J connectivity index is 0.000000208. The lowest BCUT2D eigenvalue weighted by Crippen LogP contribution is -2.29. The molecular formula is C44H51F6N3S. The molecule has 290 valence electrons. The number of nitrogen functional groups attached to an aromatic ring is 1. The van der Waals surface area contributed by atoms with E-state index in [4.69, 9.17) is 5.73 Å². The van der Waals surface area contributed by atoms with Crippen LogP contribution < -0.4 is 10.6 Å². The normalized spacial score (nSPS) is 15.4. The van der Waals surface area contributed by atoms with E-state index in [1.807, 2.05) is 6.07 Å². The quantitative estimate of drug-likeness (QED) is 0.0796. The summed E-state index contributed by atoms with van der Waals surface area (Å²) in [4.78, 5) is 1.80. The molecule has 1 aliphatic carbocycles. The van der Waals surface area contributed by atoms with E-state index in [0.29, 0.717) is 24.1 Å². The van der Waals surface area contributed by atoms with Crippen LogP contribution >= 0.6 is 11.9 Å². The average Bonchev–Trinajstić information content (AvgIpc) is 3.90. The summed E-state index contributed by atoms with van der Waals surface area (Å²) in [6.07, 6.45) is 7.65. The van der Waals surface area contributed by atoms with E-state index in [2.05, 4.69) is 76.6 Å². The maximum Gasteiger partial charge on any atom is 0.300 e. The first-order chi connectivity index (χ1) is 25.3. The molecule has 0 aromatic heterocycles. The minimum atomic E-state index is -3.91. The maximum atomic E-state index is 15.4. The summed E-state index contributed by atoms with van der Waals surface area (Å²) < 4.78 is 89.0. The van der Waals surface area contributed by atoms with Crippen LogP contribution in [0.25, 0.3) is 0 Å². The lowest BCUT2D eigenvalue weighted by molar-refractivity contribution is 0.0355. The molecule has 1 aliphatic heterocycles. The highest BCUT2D eigenvalue weighted by molar-refractivity contribution is 7.97. The number of nitrogens with two attached hydrogens (primary N) is 1. The van der Waals surface area contributed by atoms with Gasteiger partial charge in [0.1, 0.15) is 11.6 Å². The summed E-state index contributed by atoms with van der Waals surface area (Å²) in [5, 5.41) is 0. The minimum absolute atomic E-state index is 0.0833. The van der Waals surface area contributed by atoms with Crippen molar-refractivity contribution in [3.05, 3.63) is 135 Å². The second kappa shape index (κ2) is 16.5. The Hall–Kier alpha value is -3.89. The molecule has 0 spiro atoms.